The summed E-state index contributed by atoms with van der Waals surface area (Å²) in [6.07, 6.45) is 1.49. The Kier molecular flexibility index (Phi) is 6.51. The molecular weight excluding hydrogens is 499 g/mol. The second-order valence-electron chi connectivity index (χ2n) is 8.85. The number of amides is 2. The van der Waals surface area contributed by atoms with Gasteiger partial charge in [0.05, 0.1) is 11.1 Å². The van der Waals surface area contributed by atoms with E-state index in [9.17, 15) is 14.0 Å². The average Bonchev–Trinajstić information content (AvgIpc) is 3.29. The molecule has 1 N–H and O–H groups in total. The highest BCUT2D eigenvalue weighted by Crippen LogP contribution is 2.35. The maximum Gasteiger partial charge on any atom is 0.312 e. The van der Waals surface area contributed by atoms with E-state index in [-0.39, 0.29) is 11.6 Å². The number of carbonyl (C=O) groups excluding carboxylic acids is 2. The summed E-state index contributed by atoms with van der Waals surface area (Å²) < 4.78 is 22.3. The van der Waals surface area contributed by atoms with Crippen molar-refractivity contribution in [3.8, 4) is 17.1 Å². The quantitative estimate of drug-likeness (QED) is 0.387. The highest BCUT2D eigenvalue weighted by molar-refractivity contribution is 6.35. The summed E-state index contributed by atoms with van der Waals surface area (Å²) in [5.74, 6) is -0.691. The molecule has 190 valence electrons. The van der Waals surface area contributed by atoms with Gasteiger partial charge in [-0.3, -0.25) is 9.59 Å². The maximum absolute atomic E-state index is 14.4. The number of carbonyl (C=O) groups is 2. The van der Waals surface area contributed by atoms with Gasteiger partial charge in [-0.1, -0.05) is 23.7 Å². The topological polar surface area (TPSA) is 102 Å². The molecular formula is C26H24ClFN6O3. The van der Waals surface area contributed by atoms with E-state index < -0.39 is 23.7 Å². The van der Waals surface area contributed by atoms with Gasteiger partial charge >= 0.3 is 11.8 Å². The van der Waals surface area contributed by atoms with E-state index in [1.165, 1.54) is 23.4 Å². The number of pyridine rings is 1. The van der Waals surface area contributed by atoms with Crippen molar-refractivity contribution in [1.29, 1.82) is 0 Å². The molecule has 2 aromatic carbocycles. The van der Waals surface area contributed by atoms with Crippen LogP contribution in [0.3, 0.4) is 0 Å². The fourth-order valence-corrected chi connectivity index (χ4v) is 4.89. The van der Waals surface area contributed by atoms with Gasteiger partial charge in [0.25, 0.3) is 0 Å². The average molecular weight is 523 g/mol. The van der Waals surface area contributed by atoms with Crippen LogP contribution in [-0.2, 0) is 23.2 Å². The van der Waals surface area contributed by atoms with E-state index in [4.69, 9.17) is 21.3 Å². The number of aryl methyl sites for hydroxylation is 2. The number of benzene rings is 2. The Morgan fingerprint density at radius 1 is 1.24 bits per heavy atom. The summed E-state index contributed by atoms with van der Waals surface area (Å²) in [4.78, 5) is 34.9. The smallest absolute Gasteiger partial charge is 0.312 e. The Balaban J connectivity index is 1.52. The molecule has 5 rings (SSSR count). The van der Waals surface area contributed by atoms with Gasteiger partial charge in [0.2, 0.25) is 0 Å². The molecule has 1 atom stereocenters. The lowest BCUT2D eigenvalue weighted by molar-refractivity contribution is -0.149. The molecule has 1 saturated heterocycles. The second kappa shape index (κ2) is 9.78. The normalized spacial score (nSPS) is 14.7. The number of hydrogen-bond donors (Lipinski definition) is 1. The number of aromatic nitrogens is 4. The van der Waals surface area contributed by atoms with Crippen LogP contribution in [0.2, 0.25) is 5.02 Å². The lowest BCUT2D eigenvalue weighted by atomic mass is 9.99. The Bertz CT molecular complexity index is 1540. The monoisotopic (exact) mass is 522 g/mol. The SMILES string of the molecule is Cc1cc(-c2ncnn2C)c2cccc(OCc3c(Cl)cc(F)cc3[C@H](C)N3CCNC(=O)C3=O)c2n1. The minimum atomic E-state index is -0.686. The number of hydrogen-bond acceptors (Lipinski definition) is 6. The number of para-hydroxylation sites is 1. The highest BCUT2D eigenvalue weighted by Gasteiger charge is 2.32. The lowest BCUT2D eigenvalue weighted by Crippen LogP contribution is -2.52. The molecule has 0 unspecified atom stereocenters. The molecule has 1 aliphatic heterocycles. The van der Waals surface area contributed by atoms with Gasteiger partial charge in [0.15, 0.2) is 5.82 Å². The Labute approximate surface area is 217 Å². The summed E-state index contributed by atoms with van der Waals surface area (Å²) in [7, 11) is 1.82. The summed E-state index contributed by atoms with van der Waals surface area (Å²) >= 11 is 6.47. The molecule has 9 nitrogen and oxygen atoms in total. The molecule has 2 aromatic heterocycles. The van der Waals surface area contributed by atoms with Crippen LogP contribution in [-0.4, -0.2) is 49.6 Å². The van der Waals surface area contributed by atoms with Crippen LogP contribution in [0.4, 0.5) is 4.39 Å². The summed E-state index contributed by atoms with van der Waals surface area (Å²) in [6, 6.07) is 9.47. The fraction of sp³-hybridized carbons (Fsp3) is 0.269. The Hall–Kier alpha value is -4.05. The van der Waals surface area contributed by atoms with Crippen LogP contribution in [0.25, 0.3) is 22.3 Å². The first kappa shape index (κ1) is 24.6. The number of ether oxygens (including phenoxy) is 1. The van der Waals surface area contributed by atoms with Crippen molar-refractivity contribution in [2.45, 2.75) is 26.5 Å². The van der Waals surface area contributed by atoms with Crippen LogP contribution in [0.5, 0.6) is 5.75 Å². The largest absolute Gasteiger partial charge is 0.487 e. The minimum Gasteiger partial charge on any atom is -0.487 e. The zero-order valence-corrected chi connectivity index (χ0v) is 21.2. The zero-order valence-electron chi connectivity index (χ0n) is 20.5. The van der Waals surface area contributed by atoms with Crippen LogP contribution < -0.4 is 10.1 Å². The van der Waals surface area contributed by atoms with Crippen molar-refractivity contribution < 1.29 is 18.7 Å². The standard InChI is InChI=1S/C26H24ClFN6O3/c1-14-9-19(24-30-13-31-33(24)3)17-5-4-6-22(23(17)32-14)37-12-20-18(10-16(28)11-21(20)27)15(2)34-8-7-29-25(35)26(34)36/h4-6,9-11,13,15H,7-8,12H2,1-3H3,(H,29,35)/t15-/m0/s1. The van der Waals surface area contributed by atoms with E-state index in [1.54, 1.807) is 17.7 Å². The molecule has 37 heavy (non-hydrogen) atoms. The van der Waals surface area contributed by atoms with Gasteiger partial charge in [-0.15, -0.1) is 0 Å². The number of piperazine rings is 1. The summed E-state index contributed by atoms with van der Waals surface area (Å²) in [6.45, 7) is 4.25. The molecule has 0 saturated carbocycles. The minimum absolute atomic E-state index is 0.00103. The molecule has 0 spiro atoms. The second-order valence-corrected chi connectivity index (χ2v) is 9.25. The van der Waals surface area contributed by atoms with E-state index in [2.05, 4.69) is 15.4 Å². The fourth-order valence-electron chi connectivity index (χ4n) is 4.63. The van der Waals surface area contributed by atoms with E-state index in [0.29, 0.717) is 41.3 Å². The first-order valence-electron chi connectivity index (χ1n) is 11.7. The number of fused-ring (bicyclic) bond motifs is 1. The van der Waals surface area contributed by atoms with Gasteiger partial charge in [-0.05, 0) is 43.7 Å². The van der Waals surface area contributed by atoms with Crippen molar-refractivity contribution >= 4 is 34.3 Å². The molecule has 4 aromatic rings. The summed E-state index contributed by atoms with van der Waals surface area (Å²) in [5.41, 5.74) is 3.27. The van der Waals surface area contributed by atoms with E-state index in [0.717, 1.165) is 16.6 Å². The zero-order chi connectivity index (χ0) is 26.3. The summed E-state index contributed by atoms with van der Waals surface area (Å²) in [5, 5.41) is 7.70. The van der Waals surface area contributed by atoms with Crippen molar-refractivity contribution in [3.63, 3.8) is 0 Å². The Morgan fingerprint density at radius 2 is 2.05 bits per heavy atom. The van der Waals surface area contributed by atoms with Gasteiger partial charge in [0, 0.05) is 42.3 Å². The molecule has 11 heteroatoms. The maximum atomic E-state index is 14.4. The third-order valence-electron chi connectivity index (χ3n) is 6.46. The van der Waals surface area contributed by atoms with Crippen molar-refractivity contribution in [2.24, 2.45) is 7.05 Å². The number of rotatable bonds is 6. The van der Waals surface area contributed by atoms with Crippen molar-refractivity contribution in [3.05, 3.63) is 70.4 Å². The first-order valence-corrected chi connectivity index (χ1v) is 12.1. The van der Waals surface area contributed by atoms with Crippen molar-refractivity contribution in [2.75, 3.05) is 13.1 Å². The third-order valence-corrected chi connectivity index (χ3v) is 6.80. The number of halogens is 2. The van der Waals surface area contributed by atoms with Gasteiger partial charge < -0.3 is 15.0 Å². The molecule has 3 heterocycles. The van der Waals surface area contributed by atoms with E-state index in [1.807, 2.05) is 32.2 Å². The predicted octanol–water partition coefficient (Wildman–Crippen LogP) is 3.73. The van der Waals surface area contributed by atoms with Crippen LogP contribution in [0, 0.1) is 12.7 Å². The molecule has 0 aliphatic carbocycles. The van der Waals surface area contributed by atoms with E-state index >= 15 is 0 Å². The molecule has 0 radical (unpaired) electrons. The number of nitrogens with zero attached hydrogens (tertiary/aromatic N) is 5. The number of nitrogens with one attached hydrogen (secondary N) is 1. The third kappa shape index (κ3) is 4.60. The molecule has 1 aliphatic rings. The van der Waals surface area contributed by atoms with Crippen LogP contribution >= 0.6 is 11.6 Å². The predicted molar refractivity (Wildman–Crippen MR) is 135 cm³/mol. The molecule has 0 bridgehead atoms. The first-order chi connectivity index (χ1) is 17.7. The Morgan fingerprint density at radius 3 is 2.81 bits per heavy atom. The molecule has 1 fully saturated rings. The van der Waals surface area contributed by atoms with Crippen LogP contribution in [0.1, 0.15) is 29.8 Å². The van der Waals surface area contributed by atoms with Crippen molar-refractivity contribution in [1.82, 2.24) is 30.0 Å². The lowest BCUT2D eigenvalue weighted by Gasteiger charge is -2.33. The highest BCUT2D eigenvalue weighted by atomic mass is 35.5. The van der Waals surface area contributed by atoms with Crippen LogP contribution in [0.15, 0.2) is 42.7 Å². The van der Waals surface area contributed by atoms with Gasteiger partial charge in [0.1, 0.15) is 30.0 Å². The molecule has 2 amide bonds. The van der Waals surface area contributed by atoms with Gasteiger partial charge in [-0.25, -0.2) is 19.0 Å². The van der Waals surface area contributed by atoms with Gasteiger partial charge in [-0.2, -0.15) is 5.10 Å².